The summed E-state index contributed by atoms with van der Waals surface area (Å²) >= 11 is 0. The first kappa shape index (κ1) is 13.9. The molecule has 0 spiro atoms. The van der Waals surface area contributed by atoms with Crippen molar-refractivity contribution in [2.45, 2.75) is 26.3 Å². The Hall–Kier alpha value is -2.02. The van der Waals surface area contributed by atoms with Gasteiger partial charge in [0.1, 0.15) is 0 Å². The van der Waals surface area contributed by atoms with E-state index in [1.807, 2.05) is 0 Å². The Labute approximate surface area is 127 Å². The van der Waals surface area contributed by atoms with Crippen molar-refractivity contribution >= 4 is 5.57 Å². The van der Waals surface area contributed by atoms with Crippen LogP contribution in [0.15, 0.2) is 72.5 Å². The van der Waals surface area contributed by atoms with Gasteiger partial charge in [-0.1, -0.05) is 80.1 Å². The standard InChI is InChI=1S/C20H23N/c1-15(2)18-10-6-7-11-19(18)20-13-12-17(14-21-20)16-8-4-3-5-9-16/h3-10,12-15,19-21H,11H2,1-2H3. The zero-order valence-electron chi connectivity index (χ0n) is 12.8. The van der Waals surface area contributed by atoms with E-state index in [1.54, 1.807) is 5.57 Å². The number of hydrogen-bond acceptors (Lipinski definition) is 1. The molecule has 3 rings (SSSR count). The van der Waals surface area contributed by atoms with Crippen molar-refractivity contribution in [2.24, 2.45) is 11.8 Å². The number of nitrogens with one attached hydrogen (secondary N) is 1. The maximum absolute atomic E-state index is 3.60. The summed E-state index contributed by atoms with van der Waals surface area (Å²) < 4.78 is 0. The molecule has 0 radical (unpaired) electrons. The highest BCUT2D eigenvalue weighted by molar-refractivity contribution is 5.74. The predicted octanol–water partition coefficient (Wildman–Crippen LogP) is 4.71. The van der Waals surface area contributed by atoms with Crippen LogP contribution < -0.4 is 5.32 Å². The Bertz CT molecular complexity index is 602. The Morgan fingerprint density at radius 1 is 1.14 bits per heavy atom. The van der Waals surface area contributed by atoms with E-state index >= 15 is 0 Å². The molecule has 0 amide bonds. The Morgan fingerprint density at radius 2 is 1.95 bits per heavy atom. The summed E-state index contributed by atoms with van der Waals surface area (Å²) in [6.45, 7) is 4.57. The topological polar surface area (TPSA) is 12.0 Å². The lowest BCUT2D eigenvalue weighted by atomic mass is 9.79. The third kappa shape index (κ3) is 3.02. The molecular formula is C20H23N. The second kappa shape index (κ2) is 6.17. The van der Waals surface area contributed by atoms with Crippen LogP contribution in [0.5, 0.6) is 0 Å². The molecule has 0 fully saturated rings. The number of dihydropyridines is 1. The minimum absolute atomic E-state index is 0.399. The fraction of sp³-hybridized carbons (Fsp3) is 0.300. The van der Waals surface area contributed by atoms with Crippen molar-refractivity contribution in [1.82, 2.24) is 5.32 Å². The van der Waals surface area contributed by atoms with Crippen LogP contribution in [-0.2, 0) is 0 Å². The highest BCUT2D eigenvalue weighted by atomic mass is 14.9. The second-order valence-electron chi connectivity index (χ2n) is 6.11. The summed E-state index contributed by atoms with van der Waals surface area (Å²) in [5, 5.41) is 3.60. The van der Waals surface area contributed by atoms with Gasteiger partial charge in [-0.2, -0.15) is 0 Å². The third-order valence-electron chi connectivity index (χ3n) is 4.36. The summed E-state index contributed by atoms with van der Waals surface area (Å²) in [5.74, 6) is 1.18. The Balaban J connectivity index is 1.74. The average molecular weight is 277 g/mol. The van der Waals surface area contributed by atoms with Crippen molar-refractivity contribution in [3.8, 4) is 0 Å². The van der Waals surface area contributed by atoms with E-state index in [0.717, 1.165) is 6.42 Å². The van der Waals surface area contributed by atoms with Gasteiger partial charge in [-0.25, -0.2) is 0 Å². The Kier molecular flexibility index (Phi) is 4.10. The van der Waals surface area contributed by atoms with Crippen LogP contribution >= 0.6 is 0 Å². The number of benzene rings is 1. The van der Waals surface area contributed by atoms with Crippen LogP contribution in [0, 0.1) is 11.8 Å². The predicted molar refractivity (Wildman–Crippen MR) is 90.7 cm³/mol. The molecule has 1 aromatic rings. The molecule has 1 heteroatoms. The van der Waals surface area contributed by atoms with Gasteiger partial charge in [-0.05, 0) is 23.5 Å². The monoisotopic (exact) mass is 277 g/mol. The van der Waals surface area contributed by atoms with E-state index in [-0.39, 0.29) is 0 Å². The lowest BCUT2D eigenvalue weighted by Crippen LogP contribution is -2.35. The molecule has 0 aromatic heterocycles. The molecule has 1 aliphatic heterocycles. The van der Waals surface area contributed by atoms with Gasteiger partial charge in [0.15, 0.2) is 0 Å². The number of allylic oxidation sites excluding steroid dienone is 5. The van der Waals surface area contributed by atoms with Crippen LogP contribution in [0.2, 0.25) is 0 Å². The number of rotatable bonds is 3. The molecule has 1 N–H and O–H groups in total. The van der Waals surface area contributed by atoms with E-state index in [4.69, 9.17) is 0 Å². The van der Waals surface area contributed by atoms with Gasteiger partial charge in [0.2, 0.25) is 0 Å². The van der Waals surface area contributed by atoms with E-state index < -0.39 is 0 Å². The molecular weight excluding hydrogens is 254 g/mol. The third-order valence-corrected chi connectivity index (χ3v) is 4.36. The molecule has 1 heterocycles. The lowest BCUT2D eigenvalue weighted by Gasteiger charge is -2.32. The summed E-state index contributed by atoms with van der Waals surface area (Å²) in [6, 6.07) is 10.9. The first-order valence-electron chi connectivity index (χ1n) is 7.82. The van der Waals surface area contributed by atoms with E-state index in [1.165, 1.54) is 11.1 Å². The van der Waals surface area contributed by atoms with Crippen LogP contribution in [0.4, 0.5) is 0 Å². The van der Waals surface area contributed by atoms with Crippen LogP contribution in [-0.4, -0.2) is 6.04 Å². The molecule has 2 aliphatic rings. The van der Waals surface area contributed by atoms with Crippen molar-refractivity contribution in [3.63, 3.8) is 0 Å². The normalized spacial score (nSPS) is 24.5. The van der Waals surface area contributed by atoms with Crippen molar-refractivity contribution in [1.29, 1.82) is 0 Å². The van der Waals surface area contributed by atoms with Gasteiger partial charge in [-0.15, -0.1) is 0 Å². The lowest BCUT2D eigenvalue weighted by molar-refractivity contribution is 0.457. The van der Waals surface area contributed by atoms with E-state index in [2.05, 4.69) is 86.1 Å². The average Bonchev–Trinajstić information content (AvgIpc) is 2.56. The van der Waals surface area contributed by atoms with E-state index in [9.17, 15) is 0 Å². The molecule has 2 unspecified atom stereocenters. The number of hydrogen-bond donors (Lipinski definition) is 1. The quantitative estimate of drug-likeness (QED) is 0.843. The second-order valence-corrected chi connectivity index (χ2v) is 6.11. The van der Waals surface area contributed by atoms with Gasteiger partial charge in [0.25, 0.3) is 0 Å². The van der Waals surface area contributed by atoms with Crippen molar-refractivity contribution < 1.29 is 0 Å². The fourth-order valence-electron chi connectivity index (χ4n) is 3.20. The summed E-state index contributed by atoms with van der Waals surface area (Å²) in [5.41, 5.74) is 4.08. The zero-order valence-corrected chi connectivity index (χ0v) is 12.8. The Morgan fingerprint density at radius 3 is 2.62 bits per heavy atom. The minimum atomic E-state index is 0.399. The van der Waals surface area contributed by atoms with Gasteiger partial charge in [0.05, 0.1) is 6.04 Å². The summed E-state index contributed by atoms with van der Waals surface area (Å²) in [7, 11) is 0. The maximum atomic E-state index is 3.60. The van der Waals surface area contributed by atoms with E-state index in [0.29, 0.717) is 17.9 Å². The summed E-state index contributed by atoms with van der Waals surface area (Å²) in [6.07, 6.45) is 14.6. The first-order valence-corrected chi connectivity index (χ1v) is 7.82. The fourth-order valence-corrected chi connectivity index (χ4v) is 3.20. The smallest absolute Gasteiger partial charge is 0.0510 e. The molecule has 1 aliphatic carbocycles. The van der Waals surface area contributed by atoms with Gasteiger partial charge in [-0.3, -0.25) is 0 Å². The molecule has 108 valence electrons. The molecule has 1 aromatic carbocycles. The molecule has 0 saturated carbocycles. The molecule has 2 atom stereocenters. The van der Waals surface area contributed by atoms with Gasteiger partial charge < -0.3 is 5.32 Å². The van der Waals surface area contributed by atoms with Crippen molar-refractivity contribution in [3.05, 3.63) is 78.0 Å². The van der Waals surface area contributed by atoms with Gasteiger partial charge in [0, 0.05) is 12.1 Å². The highest BCUT2D eigenvalue weighted by Crippen LogP contribution is 2.32. The molecule has 21 heavy (non-hydrogen) atoms. The van der Waals surface area contributed by atoms with Crippen LogP contribution in [0.3, 0.4) is 0 Å². The first-order chi connectivity index (χ1) is 10.3. The van der Waals surface area contributed by atoms with Gasteiger partial charge >= 0.3 is 0 Å². The summed E-state index contributed by atoms with van der Waals surface area (Å²) in [4.78, 5) is 0. The van der Waals surface area contributed by atoms with Crippen LogP contribution in [0.1, 0.15) is 25.8 Å². The zero-order chi connectivity index (χ0) is 14.7. The van der Waals surface area contributed by atoms with Crippen LogP contribution in [0.25, 0.3) is 5.57 Å². The maximum Gasteiger partial charge on any atom is 0.0510 e. The molecule has 0 saturated heterocycles. The van der Waals surface area contributed by atoms with Crippen molar-refractivity contribution in [2.75, 3.05) is 0 Å². The minimum Gasteiger partial charge on any atom is -0.384 e. The SMILES string of the molecule is CC(C)C1=CC=CCC1C1C=CC(c2ccccc2)=CN1. The largest absolute Gasteiger partial charge is 0.384 e. The highest BCUT2D eigenvalue weighted by Gasteiger charge is 2.25. The molecule has 1 nitrogen and oxygen atoms in total. The molecule has 0 bridgehead atoms.